The Kier molecular flexibility index (Phi) is 6.91. The van der Waals surface area contributed by atoms with Gasteiger partial charge in [0, 0.05) is 31.0 Å². The zero-order valence-electron chi connectivity index (χ0n) is 18.3. The van der Waals surface area contributed by atoms with E-state index in [4.69, 9.17) is 22.1 Å². The van der Waals surface area contributed by atoms with Crippen LogP contribution in [0.2, 0.25) is 0 Å². The molecule has 4 rings (SSSR count). The van der Waals surface area contributed by atoms with Crippen molar-refractivity contribution in [1.82, 2.24) is 9.47 Å². The number of alkyl halides is 3. The fourth-order valence-electron chi connectivity index (χ4n) is 3.72. The lowest BCUT2D eigenvalue weighted by Crippen LogP contribution is -2.29. The molecule has 1 fully saturated rings. The van der Waals surface area contributed by atoms with Crippen LogP contribution in [0.5, 0.6) is 11.6 Å². The molecule has 1 saturated heterocycles. The number of thiocarbonyl (C=S) groups is 1. The molecule has 0 saturated carbocycles. The molecule has 1 amide bonds. The van der Waals surface area contributed by atoms with Crippen LogP contribution in [0.25, 0.3) is 17.0 Å². The minimum absolute atomic E-state index is 0.00148. The molecule has 6 nitrogen and oxygen atoms in total. The van der Waals surface area contributed by atoms with Gasteiger partial charge < -0.3 is 14.4 Å². The summed E-state index contributed by atoms with van der Waals surface area (Å²) in [5.74, 6) is -1.05. The largest absolute Gasteiger partial charge is 0.481 e. The molecular weight excluding hydrogens is 501 g/mol. The second-order valence-electron chi connectivity index (χ2n) is 7.75. The van der Waals surface area contributed by atoms with E-state index in [-0.39, 0.29) is 36.9 Å². The molecule has 1 aromatic heterocycles. The standard InChI is InChI=1S/C24H19F3N2O4S2/c1-28-18-9-3-2-8-16(18)17(22(28)33-15-7-4-6-14(12-15)24(25,26)27)13-19-21(32)29(23(34)35-19)11-5-10-20(30)31/h2-4,6-9,12-13H,5,10-11H2,1H3,(H,30,31). The molecule has 35 heavy (non-hydrogen) atoms. The molecule has 1 aliphatic rings. The van der Waals surface area contributed by atoms with Crippen LogP contribution in [0.15, 0.2) is 53.4 Å². The molecule has 1 aliphatic heterocycles. The highest BCUT2D eigenvalue weighted by Gasteiger charge is 2.33. The van der Waals surface area contributed by atoms with Crippen LogP contribution in [0.1, 0.15) is 24.0 Å². The van der Waals surface area contributed by atoms with Crippen LogP contribution in [-0.2, 0) is 22.8 Å². The molecule has 0 atom stereocenters. The van der Waals surface area contributed by atoms with Crippen LogP contribution < -0.4 is 4.74 Å². The molecule has 0 aliphatic carbocycles. The van der Waals surface area contributed by atoms with E-state index in [9.17, 15) is 22.8 Å². The number of hydrogen-bond donors (Lipinski definition) is 1. The number of para-hydroxylation sites is 1. The summed E-state index contributed by atoms with van der Waals surface area (Å²) in [6.07, 6.45) is -2.74. The first-order valence-electron chi connectivity index (χ1n) is 10.5. The number of fused-ring (bicyclic) bond motifs is 1. The summed E-state index contributed by atoms with van der Waals surface area (Å²) in [5.41, 5.74) is 0.446. The number of amides is 1. The van der Waals surface area contributed by atoms with E-state index >= 15 is 0 Å². The number of nitrogens with zero attached hydrogens (tertiary/aromatic N) is 2. The number of aliphatic carboxylic acids is 1. The number of rotatable bonds is 7. The number of thioether (sulfide) groups is 1. The lowest BCUT2D eigenvalue weighted by molar-refractivity contribution is -0.138. The number of carboxylic acid groups (broad SMARTS) is 1. The number of benzene rings is 2. The maximum absolute atomic E-state index is 13.2. The van der Waals surface area contributed by atoms with E-state index in [0.717, 1.165) is 34.8 Å². The van der Waals surface area contributed by atoms with E-state index in [1.807, 2.05) is 24.3 Å². The topological polar surface area (TPSA) is 71.8 Å². The molecule has 0 radical (unpaired) electrons. The van der Waals surface area contributed by atoms with Crippen molar-refractivity contribution in [2.75, 3.05) is 6.54 Å². The van der Waals surface area contributed by atoms with Gasteiger partial charge in [0.15, 0.2) is 0 Å². The number of ether oxygens (including phenoxy) is 1. The lowest BCUT2D eigenvalue weighted by Gasteiger charge is -2.13. The fraction of sp³-hybridized carbons (Fsp3) is 0.208. The van der Waals surface area contributed by atoms with Gasteiger partial charge in [-0.2, -0.15) is 13.2 Å². The molecule has 2 heterocycles. The van der Waals surface area contributed by atoms with E-state index in [1.54, 1.807) is 17.7 Å². The molecule has 0 unspecified atom stereocenters. The molecule has 11 heteroatoms. The van der Waals surface area contributed by atoms with E-state index in [1.165, 1.54) is 17.0 Å². The Balaban J connectivity index is 1.73. The van der Waals surface area contributed by atoms with Crippen LogP contribution in [0.4, 0.5) is 13.2 Å². The quantitative estimate of drug-likeness (QED) is 0.302. The maximum Gasteiger partial charge on any atom is 0.416 e. The average Bonchev–Trinajstić information content (AvgIpc) is 3.22. The second-order valence-corrected chi connectivity index (χ2v) is 9.43. The molecule has 2 aromatic carbocycles. The van der Waals surface area contributed by atoms with Crippen LogP contribution in [0.3, 0.4) is 0 Å². The van der Waals surface area contributed by atoms with Crippen LogP contribution in [0, 0.1) is 0 Å². The van der Waals surface area contributed by atoms with Gasteiger partial charge in [-0.3, -0.25) is 14.5 Å². The third kappa shape index (κ3) is 5.20. The number of halogens is 3. The van der Waals surface area contributed by atoms with Crippen LogP contribution >= 0.6 is 24.0 Å². The number of carbonyl (C=O) groups is 2. The van der Waals surface area contributed by atoms with E-state index < -0.39 is 17.7 Å². The molecule has 3 aromatic rings. The Morgan fingerprint density at radius 1 is 1.20 bits per heavy atom. The van der Waals surface area contributed by atoms with Gasteiger partial charge in [-0.1, -0.05) is 48.2 Å². The van der Waals surface area contributed by atoms with Gasteiger partial charge in [0.2, 0.25) is 5.88 Å². The van der Waals surface area contributed by atoms with Crippen molar-refractivity contribution in [3.05, 3.63) is 64.6 Å². The number of carbonyl (C=O) groups excluding carboxylic acids is 1. The monoisotopic (exact) mass is 520 g/mol. The van der Waals surface area contributed by atoms with Gasteiger partial charge in [0.25, 0.3) is 5.91 Å². The van der Waals surface area contributed by atoms with E-state index in [0.29, 0.717) is 14.8 Å². The summed E-state index contributed by atoms with van der Waals surface area (Å²) in [6.45, 7) is 0.178. The highest BCUT2D eigenvalue weighted by atomic mass is 32.2. The Hall–Kier alpha value is -3.31. The minimum Gasteiger partial charge on any atom is -0.481 e. The highest BCUT2D eigenvalue weighted by molar-refractivity contribution is 8.26. The molecular formula is C24H19F3N2O4S2. The van der Waals surface area contributed by atoms with Gasteiger partial charge >= 0.3 is 12.1 Å². The second kappa shape index (κ2) is 9.74. The molecule has 182 valence electrons. The Morgan fingerprint density at radius 2 is 1.94 bits per heavy atom. The van der Waals surface area contributed by atoms with Gasteiger partial charge in [-0.15, -0.1) is 0 Å². The first-order chi connectivity index (χ1) is 16.6. The van der Waals surface area contributed by atoms with Crippen molar-refractivity contribution in [1.29, 1.82) is 0 Å². The number of aryl methyl sites for hydroxylation is 1. The van der Waals surface area contributed by atoms with Crippen molar-refractivity contribution in [2.45, 2.75) is 19.0 Å². The van der Waals surface area contributed by atoms with Gasteiger partial charge in [-0.05, 0) is 36.8 Å². The third-order valence-corrected chi connectivity index (χ3v) is 6.77. The minimum atomic E-state index is -4.52. The first kappa shape index (κ1) is 24.8. The van der Waals surface area contributed by atoms with Crippen molar-refractivity contribution in [2.24, 2.45) is 7.05 Å². The number of hydrogen-bond acceptors (Lipinski definition) is 5. The van der Waals surface area contributed by atoms with Crippen molar-refractivity contribution in [3.8, 4) is 11.6 Å². The fourth-order valence-corrected chi connectivity index (χ4v) is 5.01. The Morgan fingerprint density at radius 3 is 2.66 bits per heavy atom. The summed E-state index contributed by atoms with van der Waals surface area (Å²) >= 11 is 6.40. The number of aromatic nitrogens is 1. The van der Waals surface area contributed by atoms with Gasteiger partial charge in [0.05, 0.1) is 16.0 Å². The summed E-state index contributed by atoms with van der Waals surface area (Å²) in [6, 6.07) is 11.9. The smallest absolute Gasteiger partial charge is 0.416 e. The third-order valence-electron chi connectivity index (χ3n) is 5.39. The average molecular weight is 521 g/mol. The SMILES string of the molecule is Cn1c(Oc2cccc(C(F)(F)F)c2)c(C=C2SC(=S)N(CCCC(=O)O)C2=O)c2ccccc21. The van der Waals surface area contributed by atoms with Gasteiger partial charge in [0.1, 0.15) is 10.1 Å². The number of carboxylic acids is 1. The van der Waals surface area contributed by atoms with Crippen molar-refractivity contribution >= 4 is 57.2 Å². The predicted octanol–water partition coefficient (Wildman–Crippen LogP) is 6.06. The first-order valence-corrected chi connectivity index (χ1v) is 11.7. The Labute approximate surface area is 208 Å². The molecule has 0 spiro atoms. The predicted molar refractivity (Wildman–Crippen MR) is 131 cm³/mol. The van der Waals surface area contributed by atoms with Gasteiger partial charge in [-0.25, -0.2) is 0 Å². The summed E-state index contributed by atoms with van der Waals surface area (Å²) in [7, 11) is 1.72. The Bertz CT molecular complexity index is 1360. The maximum atomic E-state index is 13.2. The molecule has 1 N–H and O–H groups in total. The zero-order chi connectivity index (χ0) is 25.3. The van der Waals surface area contributed by atoms with Crippen LogP contribution in [-0.4, -0.2) is 37.3 Å². The summed E-state index contributed by atoms with van der Waals surface area (Å²) < 4.78 is 47.5. The summed E-state index contributed by atoms with van der Waals surface area (Å²) in [4.78, 5) is 25.5. The summed E-state index contributed by atoms with van der Waals surface area (Å²) in [5, 5.41) is 9.59. The normalized spacial score (nSPS) is 15.4. The highest BCUT2D eigenvalue weighted by Crippen LogP contribution is 2.40. The van der Waals surface area contributed by atoms with Crippen molar-refractivity contribution in [3.63, 3.8) is 0 Å². The molecule has 0 bridgehead atoms. The zero-order valence-corrected chi connectivity index (χ0v) is 20.0. The van der Waals surface area contributed by atoms with E-state index in [2.05, 4.69) is 0 Å². The lowest BCUT2D eigenvalue weighted by atomic mass is 10.1. The van der Waals surface area contributed by atoms with Crippen molar-refractivity contribution < 1.29 is 32.6 Å².